The molecular formula is C11H17N3. The quantitative estimate of drug-likeness (QED) is 0.752. The van der Waals surface area contributed by atoms with Crippen molar-refractivity contribution in [2.24, 2.45) is 0 Å². The average molecular weight is 191 g/mol. The first-order chi connectivity index (χ1) is 6.77. The Morgan fingerprint density at radius 3 is 2.57 bits per heavy atom. The zero-order valence-corrected chi connectivity index (χ0v) is 9.20. The Morgan fingerprint density at radius 2 is 1.93 bits per heavy atom. The van der Waals surface area contributed by atoms with E-state index in [4.69, 9.17) is 0 Å². The van der Waals surface area contributed by atoms with Gasteiger partial charge in [0.15, 0.2) is 5.65 Å². The van der Waals surface area contributed by atoms with Crippen molar-refractivity contribution >= 4 is 11.2 Å². The van der Waals surface area contributed by atoms with Crippen LogP contribution in [0.15, 0.2) is 18.6 Å². The lowest BCUT2D eigenvalue weighted by Crippen LogP contribution is -1.88. The summed E-state index contributed by atoms with van der Waals surface area (Å²) < 4.78 is 0. The molecule has 76 valence electrons. The molecule has 0 unspecified atom stereocenters. The Balaban J connectivity index is 0.000000461. The molecule has 0 saturated heterocycles. The lowest BCUT2D eigenvalue weighted by atomic mass is 10.1. The first kappa shape index (κ1) is 10.7. The van der Waals surface area contributed by atoms with Crippen molar-refractivity contribution < 1.29 is 0 Å². The van der Waals surface area contributed by atoms with E-state index in [1.165, 1.54) is 5.56 Å². The van der Waals surface area contributed by atoms with Gasteiger partial charge in [-0.15, -0.1) is 0 Å². The summed E-state index contributed by atoms with van der Waals surface area (Å²) in [6.07, 6.45) is 3.55. The Labute approximate surface area is 84.6 Å². The van der Waals surface area contributed by atoms with Gasteiger partial charge >= 0.3 is 0 Å². The van der Waals surface area contributed by atoms with Crippen molar-refractivity contribution in [1.82, 2.24) is 15.0 Å². The summed E-state index contributed by atoms with van der Waals surface area (Å²) in [5.74, 6) is 0.519. The summed E-state index contributed by atoms with van der Waals surface area (Å²) in [5, 5.41) is 0. The van der Waals surface area contributed by atoms with Gasteiger partial charge in [0.05, 0.1) is 11.8 Å². The molecule has 1 N–H and O–H groups in total. The van der Waals surface area contributed by atoms with Crippen LogP contribution < -0.4 is 0 Å². The monoisotopic (exact) mass is 191 g/mol. The van der Waals surface area contributed by atoms with Crippen LogP contribution in [0.4, 0.5) is 0 Å². The van der Waals surface area contributed by atoms with Gasteiger partial charge in [-0.1, -0.05) is 27.7 Å². The SMILES string of the molecule is CC.CC(C)c1cnc2nc[nH]c2c1. The molecule has 14 heavy (non-hydrogen) atoms. The number of rotatable bonds is 1. The van der Waals surface area contributed by atoms with Gasteiger partial charge in [0.25, 0.3) is 0 Å². The minimum Gasteiger partial charge on any atom is -0.343 e. The molecule has 0 atom stereocenters. The highest BCUT2D eigenvalue weighted by Gasteiger charge is 2.02. The third-order valence-corrected chi connectivity index (χ3v) is 1.96. The van der Waals surface area contributed by atoms with Crippen LogP contribution in [0.3, 0.4) is 0 Å². The summed E-state index contributed by atoms with van der Waals surface area (Å²) in [7, 11) is 0. The molecule has 2 rings (SSSR count). The number of fused-ring (bicyclic) bond motifs is 1. The normalized spacial score (nSPS) is 10.1. The highest BCUT2D eigenvalue weighted by Crippen LogP contribution is 2.16. The van der Waals surface area contributed by atoms with Gasteiger partial charge in [-0.05, 0) is 17.5 Å². The Hall–Kier alpha value is -1.38. The van der Waals surface area contributed by atoms with Crippen LogP contribution in [0.1, 0.15) is 39.2 Å². The fourth-order valence-electron chi connectivity index (χ4n) is 1.16. The Morgan fingerprint density at radius 1 is 1.21 bits per heavy atom. The predicted octanol–water partition coefficient (Wildman–Crippen LogP) is 3.11. The van der Waals surface area contributed by atoms with E-state index in [-0.39, 0.29) is 0 Å². The maximum Gasteiger partial charge on any atom is 0.177 e. The molecule has 0 radical (unpaired) electrons. The van der Waals surface area contributed by atoms with Crippen molar-refractivity contribution in [3.8, 4) is 0 Å². The number of H-pyrrole nitrogens is 1. The number of nitrogens with one attached hydrogen (secondary N) is 1. The molecular weight excluding hydrogens is 174 g/mol. The van der Waals surface area contributed by atoms with Crippen molar-refractivity contribution in [1.29, 1.82) is 0 Å². The fraction of sp³-hybridized carbons (Fsp3) is 0.455. The Kier molecular flexibility index (Phi) is 3.63. The second kappa shape index (κ2) is 4.74. The van der Waals surface area contributed by atoms with Crippen LogP contribution in [-0.2, 0) is 0 Å². The van der Waals surface area contributed by atoms with Crippen LogP contribution in [-0.4, -0.2) is 15.0 Å². The molecule has 0 aliphatic heterocycles. The molecule has 2 heterocycles. The fourth-order valence-corrected chi connectivity index (χ4v) is 1.16. The zero-order valence-electron chi connectivity index (χ0n) is 9.20. The van der Waals surface area contributed by atoms with E-state index in [1.807, 2.05) is 20.0 Å². The summed E-state index contributed by atoms with van der Waals surface area (Å²) in [6.45, 7) is 8.30. The van der Waals surface area contributed by atoms with E-state index in [9.17, 15) is 0 Å². The lowest BCUT2D eigenvalue weighted by Gasteiger charge is -2.02. The number of imidazole rings is 1. The van der Waals surface area contributed by atoms with Crippen LogP contribution in [0.25, 0.3) is 11.2 Å². The second-order valence-corrected chi connectivity index (χ2v) is 3.20. The van der Waals surface area contributed by atoms with E-state index >= 15 is 0 Å². The molecule has 0 bridgehead atoms. The van der Waals surface area contributed by atoms with Crippen molar-refractivity contribution in [3.05, 3.63) is 24.2 Å². The smallest absolute Gasteiger partial charge is 0.177 e. The molecule has 0 aliphatic rings. The van der Waals surface area contributed by atoms with Gasteiger partial charge in [0, 0.05) is 6.20 Å². The van der Waals surface area contributed by atoms with Crippen LogP contribution in [0.2, 0.25) is 0 Å². The average Bonchev–Trinajstić information content (AvgIpc) is 2.67. The maximum atomic E-state index is 4.22. The maximum absolute atomic E-state index is 4.22. The number of pyridine rings is 1. The van der Waals surface area contributed by atoms with Gasteiger partial charge in [0.2, 0.25) is 0 Å². The van der Waals surface area contributed by atoms with Crippen molar-refractivity contribution in [2.45, 2.75) is 33.6 Å². The van der Waals surface area contributed by atoms with E-state index in [0.29, 0.717) is 5.92 Å². The third-order valence-electron chi connectivity index (χ3n) is 1.96. The zero-order chi connectivity index (χ0) is 10.6. The second-order valence-electron chi connectivity index (χ2n) is 3.20. The van der Waals surface area contributed by atoms with Crippen LogP contribution in [0, 0.1) is 0 Å². The first-order valence-corrected chi connectivity index (χ1v) is 5.06. The molecule has 3 heteroatoms. The number of nitrogens with zero attached hydrogens (tertiary/aromatic N) is 2. The van der Waals surface area contributed by atoms with Crippen molar-refractivity contribution in [2.75, 3.05) is 0 Å². The Bertz CT molecular complexity index is 390. The van der Waals surface area contributed by atoms with Crippen molar-refractivity contribution in [3.63, 3.8) is 0 Å². The van der Waals surface area contributed by atoms with Crippen LogP contribution >= 0.6 is 0 Å². The molecule has 3 nitrogen and oxygen atoms in total. The third kappa shape index (κ3) is 2.10. The van der Waals surface area contributed by atoms with Gasteiger partial charge in [-0.25, -0.2) is 9.97 Å². The summed E-state index contributed by atoms with van der Waals surface area (Å²) >= 11 is 0. The van der Waals surface area contributed by atoms with Gasteiger partial charge in [0.1, 0.15) is 0 Å². The van der Waals surface area contributed by atoms with E-state index in [0.717, 1.165) is 11.2 Å². The minimum absolute atomic E-state index is 0.519. The molecule has 0 amide bonds. The molecule has 0 aliphatic carbocycles. The highest BCUT2D eigenvalue weighted by atomic mass is 14.9. The molecule has 0 aromatic carbocycles. The van der Waals surface area contributed by atoms with Gasteiger partial charge in [-0.2, -0.15) is 0 Å². The minimum atomic E-state index is 0.519. The molecule has 0 fully saturated rings. The number of hydrogen-bond donors (Lipinski definition) is 1. The summed E-state index contributed by atoms with van der Waals surface area (Å²) in [4.78, 5) is 11.3. The van der Waals surface area contributed by atoms with E-state index < -0.39 is 0 Å². The molecule has 0 spiro atoms. The summed E-state index contributed by atoms with van der Waals surface area (Å²) in [6, 6.07) is 2.10. The lowest BCUT2D eigenvalue weighted by molar-refractivity contribution is 0.861. The van der Waals surface area contributed by atoms with Gasteiger partial charge in [-0.3, -0.25) is 0 Å². The molecule has 2 aromatic rings. The van der Waals surface area contributed by atoms with Gasteiger partial charge < -0.3 is 4.98 Å². The molecule has 0 saturated carbocycles. The predicted molar refractivity (Wildman–Crippen MR) is 59.3 cm³/mol. The standard InChI is InChI=1S/C9H11N3.C2H6/c1-6(2)7-3-8-9(10-4-7)12-5-11-8;1-2/h3-6H,1-2H3,(H,10,11,12);1-2H3. The number of hydrogen-bond acceptors (Lipinski definition) is 2. The highest BCUT2D eigenvalue weighted by molar-refractivity contribution is 5.70. The first-order valence-electron chi connectivity index (χ1n) is 5.06. The number of aromatic nitrogens is 3. The largest absolute Gasteiger partial charge is 0.343 e. The van der Waals surface area contributed by atoms with Crippen LogP contribution in [0.5, 0.6) is 0 Å². The molecule has 2 aromatic heterocycles. The topological polar surface area (TPSA) is 41.6 Å². The summed E-state index contributed by atoms with van der Waals surface area (Å²) in [5.41, 5.74) is 3.05. The number of aromatic amines is 1. The van der Waals surface area contributed by atoms with E-state index in [2.05, 4.69) is 34.9 Å². The van der Waals surface area contributed by atoms with E-state index in [1.54, 1.807) is 6.33 Å².